The zero-order chi connectivity index (χ0) is 15.5. The Hall–Kier alpha value is -0.780. The highest BCUT2D eigenvalue weighted by Crippen LogP contribution is 2.47. The lowest BCUT2D eigenvalue weighted by molar-refractivity contribution is -0.111. The first-order valence-electron chi connectivity index (χ1n) is 6.38. The summed E-state index contributed by atoms with van der Waals surface area (Å²) in [5.74, 6) is 0.844. The third-order valence-corrected chi connectivity index (χ3v) is 7.38. The van der Waals surface area contributed by atoms with Gasteiger partial charge in [0.15, 0.2) is 4.08 Å². The summed E-state index contributed by atoms with van der Waals surface area (Å²) in [6.45, 7) is 0. The largest absolute Gasteiger partial charge is 0.497 e. The van der Waals surface area contributed by atoms with Gasteiger partial charge in [0.25, 0.3) is 0 Å². The van der Waals surface area contributed by atoms with Gasteiger partial charge in [0, 0.05) is 0 Å². The van der Waals surface area contributed by atoms with Crippen LogP contribution in [0, 0.1) is 0 Å². The predicted molar refractivity (Wildman–Crippen MR) is 97.7 cm³/mol. The number of methoxy groups -OCH3 is 1. The smallest absolute Gasteiger partial charge is 0.219 e. The monoisotopic (exact) mass is 338 g/mol. The van der Waals surface area contributed by atoms with Crippen LogP contribution in [0.25, 0.3) is 10.8 Å². The van der Waals surface area contributed by atoms with Crippen molar-refractivity contribution in [1.29, 1.82) is 0 Å². The first kappa shape index (κ1) is 16.6. The quantitative estimate of drug-likeness (QED) is 0.741. The molecule has 0 atom stereocenters. The van der Waals surface area contributed by atoms with Crippen LogP contribution >= 0.6 is 35.3 Å². The molecule has 2 rings (SSSR count). The number of thioether (sulfide) groups is 3. The van der Waals surface area contributed by atoms with E-state index in [-0.39, 0.29) is 5.12 Å². The van der Waals surface area contributed by atoms with Crippen LogP contribution in [-0.2, 0) is 8.87 Å². The van der Waals surface area contributed by atoms with Gasteiger partial charge in [0.1, 0.15) is 5.75 Å². The van der Waals surface area contributed by atoms with E-state index >= 15 is 0 Å². The first-order chi connectivity index (χ1) is 10.1. The fourth-order valence-electron chi connectivity index (χ4n) is 2.29. The summed E-state index contributed by atoms with van der Waals surface area (Å²) in [5, 5.41) is 2.41. The third kappa shape index (κ3) is 3.05. The van der Waals surface area contributed by atoms with E-state index in [9.17, 15) is 4.79 Å². The Morgan fingerprint density at radius 2 is 1.62 bits per heavy atom. The van der Waals surface area contributed by atoms with Crippen LogP contribution in [0.2, 0.25) is 0 Å². The summed E-state index contributed by atoms with van der Waals surface area (Å²) >= 11 is 4.46. The number of benzene rings is 2. The van der Waals surface area contributed by atoms with E-state index in [4.69, 9.17) is 4.74 Å². The molecule has 0 radical (unpaired) electrons. The second-order valence-corrected chi connectivity index (χ2v) is 7.52. The maximum Gasteiger partial charge on any atom is 0.219 e. The Balaban J connectivity index is 2.57. The molecule has 0 N–H and O–H groups in total. The maximum absolute atomic E-state index is 12.4. The first-order valence-corrected chi connectivity index (χ1v) is 10.1. The van der Waals surface area contributed by atoms with Crippen LogP contribution in [0.3, 0.4) is 0 Å². The molecule has 2 nitrogen and oxygen atoms in total. The summed E-state index contributed by atoms with van der Waals surface area (Å²) in [7, 11) is 1.67. The minimum atomic E-state index is -0.548. The minimum Gasteiger partial charge on any atom is -0.497 e. The van der Waals surface area contributed by atoms with Gasteiger partial charge in [-0.1, -0.05) is 30.0 Å². The van der Waals surface area contributed by atoms with Crippen molar-refractivity contribution < 1.29 is 9.53 Å². The van der Waals surface area contributed by atoms with E-state index in [1.165, 1.54) is 11.8 Å². The van der Waals surface area contributed by atoms with Crippen molar-refractivity contribution in [2.24, 2.45) is 0 Å². The molecule has 0 aliphatic heterocycles. The molecule has 0 amide bonds. The molecule has 0 heterocycles. The van der Waals surface area contributed by atoms with E-state index in [2.05, 4.69) is 12.1 Å². The lowest BCUT2D eigenvalue weighted by atomic mass is 10.0. The molecular formula is C16H18O2S3. The molecule has 112 valence electrons. The van der Waals surface area contributed by atoms with Gasteiger partial charge in [-0.05, 0) is 53.3 Å². The summed E-state index contributed by atoms with van der Waals surface area (Å²) in [4.78, 5) is 12.4. The number of fused-ring (bicyclic) bond motifs is 1. The number of rotatable bonds is 5. The molecule has 2 aromatic rings. The number of hydrogen-bond donors (Lipinski definition) is 0. The molecule has 21 heavy (non-hydrogen) atoms. The van der Waals surface area contributed by atoms with E-state index < -0.39 is 4.08 Å². The summed E-state index contributed by atoms with van der Waals surface area (Å²) < 4.78 is 4.70. The molecule has 0 fully saturated rings. The molecule has 0 saturated heterocycles. The molecule has 2 aromatic carbocycles. The van der Waals surface area contributed by atoms with E-state index in [1.54, 1.807) is 30.6 Å². The Morgan fingerprint density at radius 3 is 2.19 bits per heavy atom. The average molecular weight is 339 g/mol. The van der Waals surface area contributed by atoms with E-state index in [0.717, 1.165) is 22.1 Å². The molecule has 0 aliphatic carbocycles. The Morgan fingerprint density at radius 1 is 1.00 bits per heavy atom. The number of hydrogen-bond acceptors (Lipinski definition) is 5. The second-order valence-electron chi connectivity index (χ2n) is 4.44. The second kappa shape index (κ2) is 6.99. The van der Waals surface area contributed by atoms with Crippen molar-refractivity contribution in [2.45, 2.75) is 4.08 Å². The highest BCUT2D eigenvalue weighted by atomic mass is 32.2. The van der Waals surface area contributed by atoms with Gasteiger partial charge in [-0.25, -0.2) is 0 Å². The third-order valence-electron chi connectivity index (χ3n) is 3.46. The van der Waals surface area contributed by atoms with E-state index in [1.807, 2.05) is 43.0 Å². The lowest BCUT2D eigenvalue weighted by Gasteiger charge is -2.28. The maximum atomic E-state index is 12.4. The normalized spacial score (nSPS) is 11.6. The van der Waals surface area contributed by atoms with Crippen LogP contribution in [0.15, 0.2) is 36.4 Å². The van der Waals surface area contributed by atoms with E-state index in [0.29, 0.717) is 0 Å². The Kier molecular flexibility index (Phi) is 5.52. The van der Waals surface area contributed by atoms with Gasteiger partial charge in [-0.15, -0.1) is 23.5 Å². The highest BCUT2D eigenvalue weighted by Gasteiger charge is 2.38. The average Bonchev–Trinajstić information content (AvgIpc) is 2.55. The number of ether oxygens (including phenoxy) is 1. The van der Waals surface area contributed by atoms with Crippen molar-refractivity contribution in [3.8, 4) is 5.75 Å². The predicted octanol–water partition coefficient (Wildman–Crippen LogP) is 4.62. The standard InChI is InChI=1S/C16H18O2S3/c1-18-14-8-6-11-9-13(7-5-12(11)10-14)16(20-3,21-4)15(17)19-2/h5-10H,1-4H3. The SMILES string of the molecule is COc1ccc2cc(C(SC)(SC)C(=O)SC)ccc2c1. The zero-order valence-corrected chi connectivity index (χ0v) is 15.0. The Bertz CT molecular complexity index is 651. The summed E-state index contributed by atoms with van der Waals surface area (Å²) in [6, 6.07) is 12.2. The van der Waals surface area contributed by atoms with Crippen molar-refractivity contribution in [3.05, 3.63) is 42.0 Å². The molecule has 0 bridgehead atoms. The zero-order valence-electron chi connectivity index (χ0n) is 12.5. The molecule has 5 heteroatoms. The van der Waals surface area contributed by atoms with Gasteiger partial charge in [-0.2, -0.15) is 0 Å². The lowest BCUT2D eigenvalue weighted by Crippen LogP contribution is -2.25. The summed E-state index contributed by atoms with van der Waals surface area (Å²) in [6.07, 6.45) is 5.82. The highest BCUT2D eigenvalue weighted by molar-refractivity contribution is 8.23. The van der Waals surface area contributed by atoms with Crippen molar-refractivity contribution in [2.75, 3.05) is 25.9 Å². The van der Waals surface area contributed by atoms with Gasteiger partial charge < -0.3 is 4.74 Å². The molecule has 0 aromatic heterocycles. The van der Waals surface area contributed by atoms with Gasteiger partial charge in [-0.3, -0.25) is 4.79 Å². The van der Waals surface area contributed by atoms with Crippen LogP contribution in [0.1, 0.15) is 5.56 Å². The molecule has 0 unspecified atom stereocenters. The fourth-order valence-corrected chi connectivity index (χ4v) is 5.41. The van der Waals surface area contributed by atoms with Crippen molar-refractivity contribution in [1.82, 2.24) is 0 Å². The van der Waals surface area contributed by atoms with Crippen LogP contribution < -0.4 is 4.74 Å². The molecular weight excluding hydrogens is 320 g/mol. The molecule has 0 aliphatic rings. The van der Waals surface area contributed by atoms with Crippen molar-refractivity contribution >= 4 is 51.2 Å². The van der Waals surface area contributed by atoms with Gasteiger partial charge >= 0.3 is 0 Å². The fraction of sp³-hybridized carbons (Fsp3) is 0.312. The van der Waals surface area contributed by atoms with Crippen LogP contribution in [0.4, 0.5) is 0 Å². The van der Waals surface area contributed by atoms with Crippen molar-refractivity contribution in [3.63, 3.8) is 0 Å². The van der Waals surface area contributed by atoms with Gasteiger partial charge in [0.05, 0.1) is 7.11 Å². The topological polar surface area (TPSA) is 26.3 Å². The van der Waals surface area contributed by atoms with Gasteiger partial charge in [0.2, 0.25) is 5.12 Å². The van der Waals surface area contributed by atoms with Crippen LogP contribution in [0.5, 0.6) is 5.75 Å². The Labute approximate surface area is 138 Å². The van der Waals surface area contributed by atoms with Crippen LogP contribution in [-0.4, -0.2) is 31.0 Å². The molecule has 0 spiro atoms. The minimum absolute atomic E-state index is 0.176. The number of carbonyl (C=O) groups is 1. The summed E-state index contributed by atoms with van der Waals surface area (Å²) in [5.41, 5.74) is 1.04. The number of carbonyl (C=O) groups excluding carboxylic acids is 1. The molecule has 0 saturated carbocycles.